The van der Waals surface area contributed by atoms with Crippen molar-refractivity contribution in [3.63, 3.8) is 0 Å². The molecule has 25 heavy (non-hydrogen) atoms. The standard InChI is InChI=1S/C17H17F3N2O2S/c18-17(19,20)12-24-16-13(5-4-9-21-16)11-22-15(23)8-10-25-14-6-2-1-3-7-14/h1-7,9H,8,10-12H2,(H,22,23). The maximum atomic E-state index is 12.2. The number of aromatic nitrogens is 1. The second kappa shape index (κ2) is 9.31. The second-order valence-corrected chi connectivity index (χ2v) is 6.23. The molecule has 0 saturated heterocycles. The average Bonchev–Trinajstić information content (AvgIpc) is 2.59. The normalized spacial score (nSPS) is 11.2. The Labute approximate surface area is 147 Å². The van der Waals surface area contributed by atoms with Crippen molar-refractivity contribution in [3.05, 3.63) is 54.2 Å². The van der Waals surface area contributed by atoms with Gasteiger partial charge in [0.05, 0.1) is 0 Å². The summed E-state index contributed by atoms with van der Waals surface area (Å²) in [5.41, 5.74) is 0.399. The van der Waals surface area contributed by atoms with Gasteiger partial charge in [-0.25, -0.2) is 4.98 Å². The Hall–Kier alpha value is -2.22. The van der Waals surface area contributed by atoms with Gasteiger partial charge < -0.3 is 10.1 Å². The van der Waals surface area contributed by atoms with Gasteiger partial charge in [-0.05, 0) is 18.2 Å². The van der Waals surface area contributed by atoms with E-state index in [0.29, 0.717) is 17.7 Å². The van der Waals surface area contributed by atoms with Crippen LogP contribution in [-0.4, -0.2) is 29.4 Å². The lowest BCUT2D eigenvalue weighted by Crippen LogP contribution is -2.24. The molecule has 8 heteroatoms. The van der Waals surface area contributed by atoms with Crippen LogP contribution in [0.5, 0.6) is 5.88 Å². The van der Waals surface area contributed by atoms with Gasteiger partial charge in [0, 0.05) is 35.4 Å². The molecule has 1 N–H and O–H groups in total. The minimum absolute atomic E-state index is 0.0653. The number of pyridine rings is 1. The molecule has 0 radical (unpaired) electrons. The van der Waals surface area contributed by atoms with E-state index in [1.54, 1.807) is 23.9 Å². The van der Waals surface area contributed by atoms with Crippen LogP contribution in [0.1, 0.15) is 12.0 Å². The number of rotatable bonds is 8. The van der Waals surface area contributed by atoms with Gasteiger partial charge in [0.1, 0.15) is 0 Å². The quantitative estimate of drug-likeness (QED) is 0.718. The number of alkyl halides is 3. The van der Waals surface area contributed by atoms with Gasteiger partial charge in [-0.15, -0.1) is 11.8 Å². The predicted octanol–water partition coefficient (Wildman–Crippen LogP) is 3.82. The van der Waals surface area contributed by atoms with Gasteiger partial charge >= 0.3 is 6.18 Å². The molecule has 134 valence electrons. The zero-order valence-electron chi connectivity index (χ0n) is 13.3. The maximum Gasteiger partial charge on any atom is 0.422 e. The summed E-state index contributed by atoms with van der Waals surface area (Å²) in [6.07, 6.45) is -2.79. The number of nitrogens with one attached hydrogen (secondary N) is 1. The number of ether oxygens (including phenoxy) is 1. The lowest BCUT2D eigenvalue weighted by molar-refractivity contribution is -0.154. The number of benzene rings is 1. The van der Waals surface area contributed by atoms with Crippen LogP contribution in [-0.2, 0) is 11.3 Å². The zero-order chi connectivity index (χ0) is 18.1. The minimum atomic E-state index is -4.44. The van der Waals surface area contributed by atoms with Crippen LogP contribution in [0.3, 0.4) is 0 Å². The van der Waals surface area contributed by atoms with Gasteiger partial charge in [-0.3, -0.25) is 4.79 Å². The minimum Gasteiger partial charge on any atom is -0.468 e. The number of carbonyl (C=O) groups excluding carboxylic acids is 1. The molecular formula is C17H17F3N2O2S. The van der Waals surface area contributed by atoms with Crippen LogP contribution in [0.2, 0.25) is 0 Å². The third-order valence-electron chi connectivity index (χ3n) is 3.04. The average molecular weight is 370 g/mol. The first kappa shape index (κ1) is 19.1. The lowest BCUT2D eigenvalue weighted by atomic mass is 10.2. The molecule has 2 rings (SSSR count). The summed E-state index contributed by atoms with van der Waals surface area (Å²) in [5.74, 6) is 0.299. The first-order valence-corrected chi connectivity index (χ1v) is 8.50. The Morgan fingerprint density at radius 2 is 1.92 bits per heavy atom. The maximum absolute atomic E-state index is 12.2. The van der Waals surface area contributed by atoms with E-state index < -0.39 is 12.8 Å². The van der Waals surface area contributed by atoms with Gasteiger partial charge in [-0.1, -0.05) is 24.3 Å². The fourth-order valence-corrected chi connectivity index (χ4v) is 2.77. The second-order valence-electron chi connectivity index (χ2n) is 5.06. The van der Waals surface area contributed by atoms with Crippen molar-refractivity contribution in [1.82, 2.24) is 10.3 Å². The summed E-state index contributed by atoms with van der Waals surface area (Å²) in [5, 5.41) is 2.67. The molecule has 1 aromatic heterocycles. The van der Waals surface area contributed by atoms with Crippen molar-refractivity contribution in [2.24, 2.45) is 0 Å². The zero-order valence-corrected chi connectivity index (χ0v) is 14.1. The van der Waals surface area contributed by atoms with Crippen molar-refractivity contribution in [2.45, 2.75) is 24.0 Å². The van der Waals surface area contributed by atoms with E-state index in [2.05, 4.69) is 15.0 Å². The molecule has 0 unspecified atom stereocenters. The summed E-state index contributed by atoms with van der Waals surface area (Å²) in [6, 6.07) is 12.8. The van der Waals surface area contributed by atoms with Gasteiger partial charge in [0.25, 0.3) is 0 Å². The van der Waals surface area contributed by atoms with Crippen molar-refractivity contribution in [1.29, 1.82) is 0 Å². The van der Waals surface area contributed by atoms with Crippen molar-refractivity contribution >= 4 is 17.7 Å². The number of carbonyl (C=O) groups is 1. The molecule has 0 spiro atoms. The summed E-state index contributed by atoms with van der Waals surface area (Å²) >= 11 is 1.56. The van der Waals surface area contributed by atoms with Crippen LogP contribution >= 0.6 is 11.8 Å². The van der Waals surface area contributed by atoms with Crippen LogP contribution in [0.25, 0.3) is 0 Å². The molecule has 0 fully saturated rings. The molecular weight excluding hydrogens is 353 g/mol. The third-order valence-corrected chi connectivity index (χ3v) is 4.05. The summed E-state index contributed by atoms with van der Waals surface area (Å²) < 4.78 is 41.4. The Kier molecular flexibility index (Phi) is 7.12. The molecule has 0 atom stereocenters. The number of amides is 1. The number of halogens is 3. The van der Waals surface area contributed by atoms with Gasteiger partial charge in [0.15, 0.2) is 6.61 Å². The third kappa shape index (κ3) is 7.47. The molecule has 0 saturated carbocycles. The molecule has 0 aliphatic carbocycles. The van der Waals surface area contributed by atoms with Crippen molar-refractivity contribution in [2.75, 3.05) is 12.4 Å². The number of hydrogen-bond acceptors (Lipinski definition) is 4. The highest BCUT2D eigenvalue weighted by atomic mass is 32.2. The van der Waals surface area contributed by atoms with Crippen LogP contribution in [0.15, 0.2) is 53.6 Å². The van der Waals surface area contributed by atoms with Crippen molar-refractivity contribution in [3.8, 4) is 5.88 Å². The van der Waals surface area contributed by atoms with Crippen LogP contribution in [0, 0.1) is 0 Å². The van der Waals surface area contributed by atoms with E-state index in [4.69, 9.17) is 0 Å². The fourth-order valence-electron chi connectivity index (χ4n) is 1.90. The smallest absolute Gasteiger partial charge is 0.422 e. The molecule has 1 amide bonds. The van der Waals surface area contributed by atoms with E-state index >= 15 is 0 Å². The Bertz CT molecular complexity index is 681. The highest BCUT2D eigenvalue weighted by Gasteiger charge is 2.29. The molecule has 1 aromatic carbocycles. The van der Waals surface area contributed by atoms with E-state index in [0.717, 1.165) is 4.90 Å². The first-order chi connectivity index (χ1) is 11.9. The van der Waals surface area contributed by atoms with Crippen molar-refractivity contribution < 1.29 is 22.7 Å². The molecule has 0 aliphatic rings. The Morgan fingerprint density at radius 1 is 1.16 bits per heavy atom. The van der Waals surface area contributed by atoms with E-state index in [1.165, 1.54) is 6.20 Å². The SMILES string of the molecule is O=C(CCSc1ccccc1)NCc1cccnc1OCC(F)(F)F. The van der Waals surface area contributed by atoms with Gasteiger partial charge in [-0.2, -0.15) is 13.2 Å². The van der Waals surface area contributed by atoms with Crippen LogP contribution in [0.4, 0.5) is 13.2 Å². The fraction of sp³-hybridized carbons (Fsp3) is 0.294. The Morgan fingerprint density at radius 3 is 2.64 bits per heavy atom. The molecule has 0 bridgehead atoms. The van der Waals surface area contributed by atoms with E-state index in [-0.39, 0.29) is 18.3 Å². The summed E-state index contributed by atoms with van der Waals surface area (Å²) in [7, 11) is 0. The van der Waals surface area contributed by atoms with E-state index in [9.17, 15) is 18.0 Å². The number of nitrogens with zero attached hydrogens (tertiary/aromatic N) is 1. The predicted molar refractivity (Wildman–Crippen MR) is 89.4 cm³/mol. The summed E-state index contributed by atoms with van der Waals surface area (Å²) in [6.45, 7) is -1.35. The van der Waals surface area contributed by atoms with Gasteiger partial charge in [0.2, 0.25) is 11.8 Å². The molecule has 1 heterocycles. The van der Waals surface area contributed by atoms with Crippen LogP contribution < -0.4 is 10.1 Å². The highest BCUT2D eigenvalue weighted by Crippen LogP contribution is 2.20. The molecule has 0 aliphatic heterocycles. The monoisotopic (exact) mass is 370 g/mol. The highest BCUT2D eigenvalue weighted by molar-refractivity contribution is 7.99. The topological polar surface area (TPSA) is 51.2 Å². The Balaban J connectivity index is 1.77. The molecule has 4 nitrogen and oxygen atoms in total. The number of hydrogen-bond donors (Lipinski definition) is 1. The number of thioether (sulfide) groups is 1. The van der Waals surface area contributed by atoms with E-state index in [1.807, 2.05) is 30.3 Å². The first-order valence-electron chi connectivity index (χ1n) is 7.52. The lowest BCUT2D eigenvalue weighted by Gasteiger charge is -2.12. The summed E-state index contributed by atoms with van der Waals surface area (Å²) in [4.78, 5) is 16.7. The largest absolute Gasteiger partial charge is 0.468 e. The molecule has 2 aromatic rings.